The summed E-state index contributed by atoms with van der Waals surface area (Å²) >= 11 is 0. The Morgan fingerprint density at radius 2 is 1.89 bits per heavy atom. The quantitative estimate of drug-likeness (QED) is 0.401. The monoisotopic (exact) mass is 130 g/mol. The molecule has 0 radical (unpaired) electrons. The summed E-state index contributed by atoms with van der Waals surface area (Å²) in [6.45, 7) is 0. The van der Waals surface area contributed by atoms with Crippen molar-refractivity contribution in [3.63, 3.8) is 0 Å². The zero-order valence-electron chi connectivity index (χ0n) is 5.46. The summed E-state index contributed by atoms with van der Waals surface area (Å²) in [7, 11) is 0. The van der Waals surface area contributed by atoms with Crippen molar-refractivity contribution in [3.8, 4) is 0 Å². The van der Waals surface area contributed by atoms with Crippen LogP contribution in [0.1, 0.15) is 19.3 Å². The van der Waals surface area contributed by atoms with Gasteiger partial charge in [0.05, 0.1) is 6.10 Å². The SMILES string of the molecule is N[C@@H]1[C@H](O)CCC[C@@H]1N. The minimum Gasteiger partial charge on any atom is -0.391 e. The summed E-state index contributed by atoms with van der Waals surface area (Å²) in [5.41, 5.74) is 11.1. The van der Waals surface area contributed by atoms with Crippen LogP contribution in [0.4, 0.5) is 0 Å². The highest BCUT2D eigenvalue weighted by atomic mass is 16.3. The topological polar surface area (TPSA) is 72.3 Å². The van der Waals surface area contributed by atoms with Crippen LogP contribution in [0.5, 0.6) is 0 Å². The normalized spacial score (nSPS) is 45.0. The molecule has 5 N–H and O–H groups in total. The summed E-state index contributed by atoms with van der Waals surface area (Å²) in [6.07, 6.45) is 2.41. The highest BCUT2D eigenvalue weighted by Gasteiger charge is 2.25. The lowest BCUT2D eigenvalue weighted by Gasteiger charge is -2.29. The molecule has 1 rings (SSSR count). The van der Waals surface area contributed by atoms with Crippen molar-refractivity contribution in [3.05, 3.63) is 0 Å². The smallest absolute Gasteiger partial charge is 0.0706 e. The number of aliphatic hydroxyl groups is 1. The molecule has 0 spiro atoms. The second kappa shape index (κ2) is 2.64. The Balaban J connectivity index is 2.41. The highest BCUT2D eigenvalue weighted by molar-refractivity contribution is 4.86. The fourth-order valence-electron chi connectivity index (χ4n) is 1.23. The molecule has 0 aromatic heterocycles. The van der Waals surface area contributed by atoms with Crippen LogP contribution in [0.25, 0.3) is 0 Å². The molecule has 0 heterocycles. The lowest BCUT2D eigenvalue weighted by atomic mass is 9.89. The predicted molar refractivity (Wildman–Crippen MR) is 35.8 cm³/mol. The van der Waals surface area contributed by atoms with Crippen molar-refractivity contribution in [2.45, 2.75) is 37.5 Å². The van der Waals surface area contributed by atoms with Crippen molar-refractivity contribution >= 4 is 0 Å². The summed E-state index contributed by atoms with van der Waals surface area (Å²) < 4.78 is 0. The molecule has 3 heteroatoms. The van der Waals surface area contributed by atoms with E-state index in [0.717, 1.165) is 19.3 Å². The Morgan fingerprint density at radius 1 is 1.22 bits per heavy atom. The molecule has 0 amide bonds. The molecule has 1 aliphatic carbocycles. The molecule has 1 aliphatic rings. The van der Waals surface area contributed by atoms with Gasteiger partial charge in [0.2, 0.25) is 0 Å². The first-order valence-electron chi connectivity index (χ1n) is 3.41. The lowest BCUT2D eigenvalue weighted by molar-refractivity contribution is 0.0976. The van der Waals surface area contributed by atoms with E-state index in [4.69, 9.17) is 16.6 Å². The van der Waals surface area contributed by atoms with E-state index in [1.54, 1.807) is 0 Å². The van der Waals surface area contributed by atoms with Gasteiger partial charge in [0, 0.05) is 12.1 Å². The van der Waals surface area contributed by atoms with Crippen LogP contribution in [0.15, 0.2) is 0 Å². The molecule has 0 unspecified atom stereocenters. The Hall–Kier alpha value is -0.120. The van der Waals surface area contributed by atoms with E-state index in [1.807, 2.05) is 0 Å². The molecule has 0 saturated heterocycles. The maximum absolute atomic E-state index is 9.14. The summed E-state index contributed by atoms with van der Waals surface area (Å²) in [5.74, 6) is 0. The molecular formula is C6H14N2O. The molecule has 1 saturated carbocycles. The van der Waals surface area contributed by atoms with Gasteiger partial charge in [0.25, 0.3) is 0 Å². The molecule has 9 heavy (non-hydrogen) atoms. The Kier molecular flexibility index (Phi) is 2.05. The summed E-state index contributed by atoms with van der Waals surface area (Å²) in [6, 6.07) is -0.188. The fourth-order valence-corrected chi connectivity index (χ4v) is 1.23. The number of rotatable bonds is 0. The van der Waals surface area contributed by atoms with Crippen LogP contribution >= 0.6 is 0 Å². The van der Waals surface area contributed by atoms with Gasteiger partial charge in [-0.3, -0.25) is 0 Å². The number of hydrogen-bond acceptors (Lipinski definition) is 3. The van der Waals surface area contributed by atoms with Gasteiger partial charge in [0.1, 0.15) is 0 Å². The average Bonchev–Trinajstić information content (AvgIpc) is 1.83. The number of nitrogens with two attached hydrogens (primary N) is 2. The first-order chi connectivity index (χ1) is 4.22. The van der Waals surface area contributed by atoms with Gasteiger partial charge >= 0.3 is 0 Å². The number of aliphatic hydroxyl groups excluding tert-OH is 1. The molecule has 3 atom stereocenters. The van der Waals surface area contributed by atoms with Gasteiger partial charge in [-0.1, -0.05) is 0 Å². The van der Waals surface area contributed by atoms with E-state index in [-0.39, 0.29) is 18.2 Å². The van der Waals surface area contributed by atoms with E-state index in [9.17, 15) is 0 Å². The van der Waals surface area contributed by atoms with E-state index in [1.165, 1.54) is 0 Å². The highest BCUT2D eigenvalue weighted by Crippen LogP contribution is 2.15. The van der Waals surface area contributed by atoms with Crippen LogP contribution < -0.4 is 11.5 Å². The van der Waals surface area contributed by atoms with E-state index in [0.29, 0.717) is 0 Å². The largest absolute Gasteiger partial charge is 0.391 e. The second-order valence-corrected chi connectivity index (χ2v) is 2.74. The minimum atomic E-state index is -0.367. The Morgan fingerprint density at radius 3 is 2.33 bits per heavy atom. The van der Waals surface area contributed by atoms with E-state index >= 15 is 0 Å². The van der Waals surface area contributed by atoms with Gasteiger partial charge in [-0.2, -0.15) is 0 Å². The zero-order chi connectivity index (χ0) is 6.85. The van der Waals surface area contributed by atoms with Gasteiger partial charge in [0.15, 0.2) is 0 Å². The standard InChI is InChI=1S/C6H14N2O/c7-4-2-1-3-5(9)6(4)8/h4-6,9H,1-3,7-8H2/t4-,5+,6-/m0/s1. The third-order valence-corrected chi connectivity index (χ3v) is 1.98. The predicted octanol–water partition coefficient (Wildman–Crippen LogP) is -0.814. The Bertz CT molecular complexity index is 87.1. The fraction of sp³-hybridized carbons (Fsp3) is 1.00. The molecule has 0 aromatic carbocycles. The third kappa shape index (κ3) is 1.41. The first-order valence-corrected chi connectivity index (χ1v) is 3.41. The van der Waals surface area contributed by atoms with E-state index in [2.05, 4.69) is 0 Å². The molecule has 54 valence electrons. The van der Waals surface area contributed by atoms with Crippen molar-refractivity contribution in [2.75, 3.05) is 0 Å². The first kappa shape index (κ1) is 6.99. The maximum Gasteiger partial charge on any atom is 0.0706 e. The van der Waals surface area contributed by atoms with Crippen molar-refractivity contribution in [1.29, 1.82) is 0 Å². The van der Waals surface area contributed by atoms with Crippen LogP contribution in [0.3, 0.4) is 0 Å². The summed E-state index contributed by atoms with van der Waals surface area (Å²) in [4.78, 5) is 0. The van der Waals surface area contributed by atoms with Crippen molar-refractivity contribution < 1.29 is 5.11 Å². The molecule has 0 aromatic rings. The third-order valence-electron chi connectivity index (χ3n) is 1.98. The number of hydrogen-bond donors (Lipinski definition) is 3. The van der Waals surface area contributed by atoms with Crippen LogP contribution in [-0.4, -0.2) is 23.3 Å². The average molecular weight is 130 g/mol. The van der Waals surface area contributed by atoms with Gasteiger partial charge in [-0.25, -0.2) is 0 Å². The lowest BCUT2D eigenvalue weighted by Crippen LogP contribution is -2.51. The van der Waals surface area contributed by atoms with Gasteiger partial charge in [-0.15, -0.1) is 0 Å². The van der Waals surface area contributed by atoms with Crippen molar-refractivity contribution in [1.82, 2.24) is 0 Å². The summed E-state index contributed by atoms with van der Waals surface area (Å²) in [5, 5.41) is 9.14. The second-order valence-electron chi connectivity index (χ2n) is 2.74. The minimum absolute atomic E-state index is 0.00810. The maximum atomic E-state index is 9.14. The molecule has 1 fully saturated rings. The van der Waals surface area contributed by atoms with Crippen molar-refractivity contribution in [2.24, 2.45) is 11.5 Å². The molecule has 0 aliphatic heterocycles. The van der Waals surface area contributed by atoms with Crippen LogP contribution in [0, 0.1) is 0 Å². The zero-order valence-corrected chi connectivity index (χ0v) is 5.46. The molecule has 3 nitrogen and oxygen atoms in total. The molecule has 0 bridgehead atoms. The van der Waals surface area contributed by atoms with Gasteiger partial charge in [-0.05, 0) is 19.3 Å². The molecular weight excluding hydrogens is 116 g/mol. The van der Waals surface area contributed by atoms with Crippen LogP contribution in [-0.2, 0) is 0 Å². The Labute approximate surface area is 55.0 Å². The van der Waals surface area contributed by atoms with Crippen LogP contribution in [0.2, 0.25) is 0 Å². The van der Waals surface area contributed by atoms with E-state index < -0.39 is 0 Å². The van der Waals surface area contributed by atoms with Gasteiger partial charge < -0.3 is 16.6 Å².